The molecule has 0 heterocycles. The zero-order valence-electron chi connectivity index (χ0n) is 12.5. The molecule has 0 radical (unpaired) electrons. The first-order valence-electron chi connectivity index (χ1n) is 6.84. The van der Waals surface area contributed by atoms with Crippen molar-refractivity contribution in [3.63, 3.8) is 0 Å². The lowest BCUT2D eigenvalue weighted by Crippen LogP contribution is -2.47. The Balaban J connectivity index is 1.91. The number of carbonyl (C=O) groups is 2. The number of carbonyl (C=O) groups excluding carboxylic acids is 2. The Morgan fingerprint density at radius 3 is 2.54 bits per heavy atom. The molecular weight excluding hydrogens is 386 g/mol. The van der Waals surface area contributed by atoms with Gasteiger partial charge < -0.3 is 4.74 Å². The molecular formula is C16H13BrF2N2O3. The summed E-state index contributed by atoms with van der Waals surface area (Å²) in [4.78, 5) is 23.7. The van der Waals surface area contributed by atoms with Crippen LogP contribution < -0.4 is 15.6 Å². The fourth-order valence-electron chi connectivity index (χ4n) is 1.76. The number of halogens is 3. The van der Waals surface area contributed by atoms with Crippen LogP contribution in [0.15, 0.2) is 46.9 Å². The molecule has 0 aliphatic carbocycles. The van der Waals surface area contributed by atoms with E-state index in [1.54, 1.807) is 24.3 Å². The zero-order chi connectivity index (χ0) is 17.7. The van der Waals surface area contributed by atoms with Crippen LogP contribution in [0, 0.1) is 11.6 Å². The van der Waals surface area contributed by atoms with Gasteiger partial charge in [0.25, 0.3) is 11.8 Å². The molecule has 0 bridgehead atoms. The van der Waals surface area contributed by atoms with Gasteiger partial charge in [-0.15, -0.1) is 0 Å². The molecule has 0 aliphatic rings. The fraction of sp³-hybridized carbons (Fsp3) is 0.125. The van der Waals surface area contributed by atoms with Crippen LogP contribution in [0.4, 0.5) is 8.78 Å². The predicted molar refractivity (Wildman–Crippen MR) is 86.2 cm³/mol. The molecule has 0 aliphatic heterocycles. The molecule has 1 atom stereocenters. The Kier molecular flexibility index (Phi) is 5.86. The highest BCUT2D eigenvalue weighted by Gasteiger charge is 2.17. The molecule has 0 fully saturated rings. The lowest BCUT2D eigenvalue weighted by Gasteiger charge is -2.15. The first kappa shape index (κ1) is 17.9. The molecule has 0 saturated heterocycles. The van der Waals surface area contributed by atoms with Gasteiger partial charge in [-0.25, -0.2) is 8.78 Å². The van der Waals surface area contributed by atoms with E-state index in [4.69, 9.17) is 4.74 Å². The quantitative estimate of drug-likeness (QED) is 0.778. The van der Waals surface area contributed by atoms with Gasteiger partial charge in [-0.3, -0.25) is 20.4 Å². The number of amides is 2. The number of nitrogens with one attached hydrogen (secondary N) is 2. The van der Waals surface area contributed by atoms with E-state index in [-0.39, 0.29) is 0 Å². The number of rotatable bonds is 4. The SMILES string of the molecule is C[C@H](Oc1cccc(Br)c1)C(=O)NNC(=O)c1ccc(F)cc1F. The third kappa shape index (κ3) is 4.76. The second kappa shape index (κ2) is 7.87. The average molecular weight is 399 g/mol. The largest absolute Gasteiger partial charge is 0.481 e. The van der Waals surface area contributed by atoms with Gasteiger partial charge in [0.1, 0.15) is 17.4 Å². The minimum Gasteiger partial charge on any atom is -0.481 e. The van der Waals surface area contributed by atoms with Crippen molar-refractivity contribution in [2.75, 3.05) is 0 Å². The highest BCUT2D eigenvalue weighted by Crippen LogP contribution is 2.18. The second-order valence-corrected chi connectivity index (χ2v) is 5.70. The number of hydrazine groups is 1. The lowest BCUT2D eigenvalue weighted by molar-refractivity contribution is -0.128. The van der Waals surface area contributed by atoms with Gasteiger partial charge in [0, 0.05) is 10.5 Å². The fourth-order valence-corrected chi connectivity index (χ4v) is 2.14. The summed E-state index contributed by atoms with van der Waals surface area (Å²) in [5.74, 6) is -2.91. The topological polar surface area (TPSA) is 67.4 Å². The van der Waals surface area contributed by atoms with Crippen molar-refractivity contribution >= 4 is 27.7 Å². The van der Waals surface area contributed by atoms with Crippen molar-refractivity contribution in [1.82, 2.24) is 10.9 Å². The highest BCUT2D eigenvalue weighted by atomic mass is 79.9. The van der Waals surface area contributed by atoms with Gasteiger partial charge in [0.2, 0.25) is 0 Å². The summed E-state index contributed by atoms with van der Waals surface area (Å²) in [7, 11) is 0. The van der Waals surface area contributed by atoms with Crippen LogP contribution in [-0.2, 0) is 4.79 Å². The van der Waals surface area contributed by atoms with E-state index in [9.17, 15) is 18.4 Å². The maximum absolute atomic E-state index is 13.5. The number of benzene rings is 2. The van der Waals surface area contributed by atoms with E-state index in [0.29, 0.717) is 11.8 Å². The Hall–Kier alpha value is -2.48. The van der Waals surface area contributed by atoms with Crippen LogP contribution in [0.1, 0.15) is 17.3 Å². The highest BCUT2D eigenvalue weighted by molar-refractivity contribution is 9.10. The lowest BCUT2D eigenvalue weighted by atomic mass is 10.2. The number of hydrogen-bond acceptors (Lipinski definition) is 3. The smallest absolute Gasteiger partial charge is 0.279 e. The van der Waals surface area contributed by atoms with Crippen molar-refractivity contribution in [3.8, 4) is 5.75 Å². The summed E-state index contributed by atoms with van der Waals surface area (Å²) in [6, 6.07) is 9.39. The van der Waals surface area contributed by atoms with Gasteiger partial charge >= 0.3 is 0 Å². The van der Waals surface area contributed by atoms with E-state index in [1.165, 1.54) is 6.92 Å². The molecule has 0 unspecified atom stereocenters. The number of hydrogen-bond donors (Lipinski definition) is 2. The van der Waals surface area contributed by atoms with E-state index in [0.717, 1.165) is 16.6 Å². The molecule has 126 valence electrons. The van der Waals surface area contributed by atoms with Gasteiger partial charge in [-0.2, -0.15) is 0 Å². The molecule has 5 nitrogen and oxygen atoms in total. The summed E-state index contributed by atoms with van der Waals surface area (Å²) < 4.78 is 32.5. The van der Waals surface area contributed by atoms with Gasteiger partial charge in [-0.1, -0.05) is 22.0 Å². The van der Waals surface area contributed by atoms with E-state index < -0.39 is 35.1 Å². The molecule has 0 saturated carbocycles. The van der Waals surface area contributed by atoms with Gasteiger partial charge in [-0.05, 0) is 37.3 Å². The summed E-state index contributed by atoms with van der Waals surface area (Å²) in [5.41, 5.74) is 3.78. The Morgan fingerprint density at radius 1 is 1.12 bits per heavy atom. The maximum Gasteiger partial charge on any atom is 0.279 e. The number of ether oxygens (including phenoxy) is 1. The maximum atomic E-state index is 13.5. The molecule has 2 amide bonds. The van der Waals surface area contributed by atoms with Crippen LogP contribution in [-0.4, -0.2) is 17.9 Å². The van der Waals surface area contributed by atoms with Crippen LogP contribution in [0.3, 0.4) is 0 Å². The monoisotopic (exact) mass is 398 g/mol. The first-order valence-corrected chi connectivity index (χ1v) is 7.63. The van der Waals surface area contributed by atoms with E-state index in [1.807, 2.05) is 5.43 Å². The van der Waals surface area contributed by atoms with Gasteiger partial charge in [0.05, 0.1) is 5.56 Å². The molecule has 2 rings (SSSR count). The first-order chi connectivity index (χ1) is 11.4. The van der Waals surface area contributed by atoms with Crippen molar-refractivity contribution in [3.05, 3.63) is 64.1 Å². The van der Waals surface area contributed by atoms with Crippen molar-refractivity contribution in [1.29, 1.82) is 0 Å². The molecule has 0 spiro atoms. The molecule has 0 aromatic heterocycles. The van der Waals surface area contributed by atoms with Crippen LogP contribution in [0.2, 0.25) is 0 Å². The minimum absolute atomic E-state index is 0.391. The summed E-state index contributed by atoms with van der Waals surface area (Å²) >= 11 is 3.28. The van der Waals surface area contributed by atoms with Crippen molar-refractivity contribution < 1.29 is 23.1 Å². The molecule has 2 aromatic rings. The summed E-state index contributed by atoms with van der Waals surface area (Å²) in [5, 5.41) is 0. The molecule has 2 N–H and O–H groups in total. The second-order valence-electron chi connectivity index (χ2n) is 4.78. The third-order valence-electron chi connectivity index (χ3n) is 2.95. The average Bonchev–Trinajstić information content (AvgIpc) is 2.52. The predicted octanol–water partition coefficient (Wildman–Crippen LogP) is 2.96. The standard InChI is InChI=1S/C16H13BrF2N2O3/c1-9(24-12-4-2-3-10(17)7-12)15(22)20-21-16(23)13-6-5-11(18)8-14(13)19/h2-9H,1H3,(H,20,22)(H,21,23)/t9-/m0/s1. The molecule has 2 aromatic carbocycles. The summed E-state index contributed by atoms with van der Waals surface area (Å²) in [6.07, 6.45) is -0.905. The van der Waals surface area contributed by atoms with Crippen molar-refractivity contribution in [2.45, 2.75) is 13.0 Å². The van der Waals surface area contributed by atoms with Gasteiger partial charge in [0.15, 0.2) is 6.10 Å². The third-order valence-corrected chi connectivity index (χ3v) is 3.45. The van der Waals surface area contributed by atoms with E-state index in [2.05, 4.69) is 21.4 Å². The normalized spacial score (nSPS) is 11.5. The van der Waals surface area contributed by atoms with Crippen molar-refractivity contribution in [2.24, 2.45) is 0 Å². The zero-order valence-corrected chi connectivity index (χ0v) is 14.1. The Bertz CT molecular complexity index is 771. The van der Waals surface area contributed by atoms with Crippen LogP contribution in [0.5, 0.6) is 5.75 Å². The van der Waals surface area contributed by atoms with Crippen LogP contribution in [0.25, 0.3) is 0 Å². The van der Waals surface area contributed by atoms with E-state index >= 15 is 0 Å². The Morgan fingerprint density at radius 2 is 1.88 bits per heavy atom. The Labute approximate surface area is 145 Å². The molecule has 24 heavy (non-hydrogen) atoms. The molecule has 8 heteroatoms. The minimum atomic E-state index is -1.03. The summed E-state index contributed by atoms with van der Waals surface area (Å²) in [6.45, 7) is 1.49. The van der Waals surface area contributed by atoms with Crippen LogP contribution >= 0.6 is 15.9 Å².